The molecule has 4 rings (SSSR count). The van der Waals surface area contributed by atoms with Crippen LogP contribution in [0.25, 0.3) is 11.0 Å². The van der Waals surface area contributed by atoms with Crippen LogP contribution >= 0.6 is 11.8 Å². The molecule has 29 heavy (non-hydrogen) atoms. The summed E-state index contributed by atoms with van der Waals surface area (Å²) >= 11 is 1.47. The smallest absolute Gasteiger partial charge is 0.234 e. The minimum absolute atomic E-state index is 0.0310. The third-order valence-corrected chi connectivity index (χ3v) is 5.90. The summed E-state index contributed by atoms with van der Waals surface area (Å²) in [7, 11) is 0. The Morgan fingerprint density at radius 2 is 1.72 bits per heavy atom. The van der Waals surface area contributed by atoms with Crippen LogP contribution in [0.15, 0.2) is 78.0 Å². The van der Waals surface area contributed by atoms with Gasteiger partial charge in [0.25, 0.3) is 0 Å². The fourth-order valence-corrected chi connectivity index (χ4v) is 4.04. The monoisotopic (exact) mass is 401 g/mol. The lowest BCUT2D eigenvalue weighted by molar-refractivity contribution is -0.113. The molecular weight excluding hydrogens is 378 g/mol. The maximum Gasteiger partial charge on any atom is 0.234 e. The van der Waals surface area contributed by atoms with Crippen LogP contribution in [0.1, 0.15) is 16.7 Å². The van der Waals surface area contributed by atoms with Gasteiger partial charge in [0.2, 0.25) is 5.91 Å². The van der Waals surface area contributed by atoms with Crippen LogP contribution in [0, 0.1) is 13.8 Å². The lowest BCUT2D eigenvalue weighted by Crippen LogP contribution is -2.15. The zero-order valence-corrected chi connectivity index (χ0v) is 17.4. The Labute approximate surface area is 175 Å². The highest BCUT2D eigenvalue weighted by Gasteiger charge is 2.13. The van der Waals surface area contributed by atoms with Gasteiger partial charge >= 0.3 is 0 Å². The van der Waals surface area contributed by atoms with Crippen molar-refractivity contribution >= 4 is 34.4 Å². The molecule has 0 saturated heterocycles. The van der Waals surface area contributed by atoms with Gasteiger partial charge in [-0.2, -0.15) is 0 Å². The molecule has 0 radical (unpaired) electrons. The molecule has 5 heteroatoms. The van der Waals surface area contributed by atoms with Crippen molar-refractivity contribution in [2.75, 3.05) is 11.1 Å². The lowest BCUT2D eigenvalue weighted by Gasteiger charge is -2.10. The lowest BCUT2D eigenvalue weighted by atomic mass is 10.1. The molecule has 146 valence electrons. The van der Waals surface area contributed by atoms with Gasteiger partial charge in [0.1, 0.15) is 0 Å². The molecule has 0 aliphatic carbocycles. The van der Waals surface area contributed by atoms with Crippen LogP contribution in [0.2, 0.25) is 0 Å². The van der Waals surface area contributed by atoms with E-state index in [4.69, 9.17) is 4.98 Å². The molecule has 0 aliphatic heterocycles. The molecule has 1 heterocycles. The predicted octanol–water partition coefficient (Wildman–Crippen LogP) is 5.43. The quantitative estimate of drug-likeness (QED) is 0.438. The molecule has 3 aromatic carbocycles. The first-order chi connectivity index (χ1) is 14.1. The standard InChI is InChI=1S/C24H23N3OS/c1-17-12-13-20(14-18(17)2)25-23(28)16-29-24-26-21-10-6-7-11-22(21)27(24)15-19-8-4-3-5-9-19/h3-14H,15-16H2,1-2H3,(H,25,28). The van der Waals surface area contributed by atoms with E-state index >= 15 is 0 Å². The third kappa shape index (κ3) is 4.51. The van der Waals surface area contributed by atoms with Crippen molar-refractivity contribution in [3.8, 4) is 0 Å². The molecule has 0 bridgehead atoms. The number of imidazole rings is 1. The topological polar surface area (TPSA) is 46.9 Å². The number of nitrogens with one attached hydrogen (secondary N) is 1. The van der Waals surface area contributed by atoms with E-state index < -0.39 is 0 Å². The van der Waals surface area contributed by atoms with Crippen LogP contribution < -0.4 is 5.32 Å². The van der Waals surface area contributed by atoms with Gasteiger partial charge in [0.15, 0.2) is 5.16 Å². The highest BCUT2D eigenvalue weighted by Crippen LogP contribution is 2.25. The molecule has 0 atom stereocenters. The van der Waals surface area contributed by atoms with Gasteiger partial charge in [-0.25, -0.2) is 4.98 Å². The Bertz CT molecular complexity index is 1150. The Morgan fingerprint density at radius 3 is 2.52 bits per heavy atom. The van der Waals surface area contributed by atoms with E-state index in [-0.39, 0.29) is 5.91 Å². The molecule has 0 unspecified atom stereocenters. The van der Waals surface area contributed by atoms with Crippen molar-refractivity contribution in [2.45, 2.75) is 25.5 Å². The van der Waals surface area contributed by atoms with Crippen molar-refractivity contribution in [1.29, 1.82) is 0 Å². The first-order valence-corrected chi connectivity index (χ1v) is 10.6. The van der Waals surface area contributed by atoms with Crippen LogP contribution in [0.3, 0.4) is 0 Å². The van der Waals surface area contributed by atoms with E-state index in [1.165, 1.54) is 28.5 Å². The van der Waals surface area contributed by atoms with Gasteiger partial charge in [-0.1, -0.05) is 60.3 Å². The minimum Gasteiger partial charge on any atom is -0.325 e. The van der Waals surface area contributed by atoms with Crippen LogP contribution in [0.4, 0.5) is 5.69 Å². The minimum atomic E-state index is -0.0310. The molecule has 4 aromatic rings. The number of hydrogen-bond acceptors (Lipinski definition) is 3. The number of fused-ring (bicyclic) bond motifs is 1. The fourth-order valence-electron chi connectivity index (χ4n) is 3.23. The number of carbonyl (C=O) groups excluding carboxylic acids is 1. The van der Waals surface area contributed by atoms with Gasteiger partial charge in [-0.15, -0.1) is 0 Å². The number of para-hydroxylation sites is 2. The summed E-state index contributed by atoms with van der Waals surface area (Å²) in [5.41, 5.74) is 6.44. The highest BCUT2D eigenvalue weighted by atomic mass is 32.2. The number of rotatable bonds is 6. The average Bonchev–Trinajstić information content (AvgIpc) is 3.07. The third-order valence-electron chi connectivity index (χ3n) is 4.93. The molecule has 1 amide bonds. The number of anilines is 1. The van der Waals surface area contributed by atoms with Crippen molar-refractivity contribution in [3.05, 3.63) is 89.5 Å². The van der Waals surface area contributed by atoms with E-state index in [9.17, 15) is 4.79 Å². The number of aryl methyl sites for hydroxylation is 2. The van der Waals surface area contributed by atoms with E-state index in [0.717, 1.165) is 28.4 Å². The number of nitrogens with zero attached hydrogens (tertiary/aromatic N) is 2. The second-order valence-corrected chi connectivity index (χ2v) is 8.03. The molecule has 0 spiro atoms. The van der Waals surface area contributed by atoms with Gasteiger partial charge in [0.05, 0.1) is 23.3 Å². The molecule has 1 N–H and O–H groups in total. The zero-order valence-electron chi connectivity index (χ0n) is 16.6. The van der Waals surface area contributed by atoms with Crippen LogP contribution in [0.5, 0.6) is 0 Å². The normalized spacial score (nSPS) is 11.0. The van der Waals surface area contributed by atoms with E-state index in [0.29, 0.717) is 5.75 Å². The number of amides is 1. The first kappa shape index (κ1) is 19.3. The largest absolute Gasteiger partial charge is 0.325 e. The van der Waals surface area contributed by atoms with E-state index in [1.54, 1.807) is 0 Å². The van der Waals surface area contributed by atoms with E-state index in [2.05, 4.69) is 35.0 Å². The number of thioether (sulfide) groups is 1. The summed E-state index contributed by atoms with van der Waals surface area (Å²) in [4.78, 5) is 17.3. The maximum atomic E-state index is 12.5. The summed E-state index contributed by atoms with van der Waals surface area (Å²) in [6.07, 6.45) is 0. The Hall–Kier alpha value is -3.05. The predicted molar refractivity (Wildman–Crippen MR) is 121 cm³/mol. The van der Waals surface area contributed by atoms with Crippen LogP contribution in [-0.2, 0) is 11.3 Å². The van der Waals surface area contributed by atoms with Gasteiger partial charge in [-0.3, -0.25) is 4.79 Å². The van der Waals surface area contributed by atoms with E-state index in [1.807, 2.05) is 61.5 Å². The van der Waals surface area contributed by atoms with Crippen molar-refractivity contribution in [2.24, 2.45) is 0 Å². The number of aromatic nitrogens is 2. The van der Waals surface area contributed by atoms with Crippen molar-refractivity contribution in [3.63, 3.8) is 0 Å². The fraction of sp³-hybridized carbons (Fsp3) is 0.167. The average molecular weight is 402 g/mol. The summed E-state index contributed by atoms with van der Waals surface area (Å²) in [5, 5.41) is 3.84. The highest BCUT2D eigenvalue weighted by molar-refractivity contribution is 7.99. The second-order valence-electron chi connectivity index (χ2n) is 7.09. The molecular formula is C24H23N3OS. The van der Waals surface area contributed by atoms with Gasteiger partial charge < -0.3 is 9.88 Å². The van der Waals surface area contributed by atoms with Gasteiger partial charge in [-0.05, 0) is 54.8 Å². The maximum absolute atomic E-state index is 12.5. The Balaban J connectivity index is 1.52. The first-order valence-electron chi connectivity index (χ1n) is 9.59. The van der Waals surface area contributed by atoms with Gasteiger partial charge in [0, 0.05) is 5.69 Å². The summed E-state index contributed by atoms with van der Waals surface area (Å²) < 4.78 is 2.18. The van der Waals surface area contributed by atoms with Crippen molar-refractivity contribution in [1.82, 2.24) is 9.55 Å². The Kier molecular flexibility index (Phi) is 5.67. The molecule has 0 saturated carbocycles. The zero-order chi connectivity index (χ0) is 20.2. The molecule has 0 fully saturated rings. The Morgan fingerprint density at radius 1 is 0.966 bits per heavy atom. The summed E-state index contributed by atoms with van der Waals surface area (Å²) in [5.74, 6) is 0.280. The van der Waals surface area contributed by atoms with Crippen LogP contribution in [-0.4, -0.2) is 21.2 Å². The molecule has 0 aliphatic rings. The number of benzene rings is 3. The second kappa shape index (κ2) is 8.53. The van der Waals surface area contributed by atoms with Crippen molar-refractivity contribution < 1.29 is 4.79 Å². The SMILES string of the molecule is Cc1ccc(NC(=O)CSc2nc3ccccc3n2Cc2ccccc2)cc1C. The number of hydrogen-bond donors (Lipinski definition) is 1. The number of carbonyl (C=O) groups is 1. The molecule has 4 nitrogen and oxygen atoms in total. The summed E-state index contributed by atoms with van der Waals surface area (Å²) in [6.45, 7) is 4.84. The molecule has 1 aromatic heterocycles. The summed E-state index contributed by atoms with van der Waals surface area (Å²) in [6, 6.07) is 24.4.